The molecule has 1 rings (SSSR count). The molecule has 1 aromatic carbocycles. The molecule has 2 amide bonds. The van der Waals surface area contributed by atoms with Crippen LogP contribution in [0.1, 0.15) is 38.3 Å². The van der Waals surface area contributed by atoms with Crippen LogP contribution in [0.2, 0.25) is 0 Å². The second-order valence-corrected chi connectivity index (χ2v) is 5.33. The highest BCUT2D eigenvalue weighted by molar-refractivity contribution is 5.97. The number of carbonyl (C=O) groups excluding carboxylic acids is 2. The van der Waals surface area contributed by atoms with Gasteiger partial charge < -0.3 is 10.6 Å². The van der Waals surface area contributed by atoms with Gasteiger partial charge in [0.15, 0.2) is 0 Å². The highest BCUT2D eigenvalue weighted by Gasteiger charge is 2.18. The first kappa shape index (κ1) is 16.2. The van der Waals surface area contributed by atoms with Crippen molar-refractivity contribution in [3.05, 3.63) is 29.3 Å². The van der Waals surface area contributed by atoms with Gasteiger partial charge in [0, 0.05) is 11.6 Å². The lowest BCUT2D eigenvalue weighted by molar-refractivity contribution is -0.128. The molecule has 0 saturated heterocycles. The molecule has 0 aliphatic carbocycles. The van der Waals surface area contributed by atoms with Crippen LogP contribution in [0.15, 0.2) is 18.2 Å². The number of benzene rings is 1. The monoisotopic (exact) mass is 276 g/mol. The molecule has 4 nitrogen and oxygen atoms in total. The van der Waals surface area contributed by atoms with Crippen molar-refractivity contribution in [3.8, 4) is 0 Å². The molecule has 0 spiro atoms. The van der Waals surface area contributed by atoms with E-state index in [2.05, 4.69) is 10.6 Å². The Morgan fingerprint density at radius 2 is 1.75 bits per heavy atom. The molecule has 0 saturated carbocycles. The fraction of sp³-hybridized carbons (Fsp3) is 0.500. The van der Waals surface area contributed by atoms with Crippen LogP contribution >= 0.6 is 0 Å². The molecule has 4 heteroatoms. The van der Waals surface area contributed by atoms with Gasteiger partial charge in [0.25, 0.3) is 0 Å². The maximum atomic E-state index is 12.0. The molecule has 2 atom stereocenters. The van der Waals surface area contributed by atoms with Crippen molar-refractivity contribution in [2.45, 2.75) is 47.1 Å². The molecular formula is C16H24N2O2. The Kier molecular flexibility index (Phi) is 5.74. The first-order valence-electron chi connectivity index (χ1n) is 7.03. The minimum absolute atomic E-state index is 0.0770. The van der Waals surface area contributed by atoms with Crippen LogP contribution in [0.5, 0.6) is 0 Å². The van der Waals surface area contributed by atoms with E-state index >= 15 is 0 Å². The standard InChI is InChI=1S/C16H24N2O2/c1-6-10(2)15(19)17-13(5)16(20)18-14-8-7-11(3)12(4)9-14/h7-10,13H,6H2,1-5H3,(H,17,19)(H,18,20). The summed E-state index contributed by atoms with van der Waals surface area (Å²) in [7, 11) is 0. The van der Waals surface area contributed by atoms with Gasteiger partial charge in [-0.05, 0) is 50.5 Å². The number of hydrogen-bond acceptors (Lipinski definition) is 2. The fourth-order valence-electron chi connectivity index (χ4n) is 1.68. The van der Waals surface area contributed by atoms with Crippen molar-refractivity contribution in [1.82, 2.24) is 5.32 Å². The Morgan fingerprint density at radius 1 is 1.10 bits per heavy atom. The van der Waals surface area contributed by atoms with Gasteiger partial charge in [0.05, 0.1) is 0 Å². The third kappa shape index (κ3) is 4.37. The van der Waals surface area contributed by atoms with Crippen molar-refractivity contribution in [2.24, 2.45) is 5.92 Å². The zero-order chi connectivity index (χ0) is 15.3. The molecule has 0 radical (unpaired) electrons. The third-order valence-corrected chi connectivity index (χ3v) is 3.59. The van der Waals surface area contributed by atoms with E-state index in [0.717, 1.165) is 17.7 Å². The van der Waals surface area contributed by atoms with Crippen molar-refractivity contribution in [1.29, 1.82) is 0 Å². The number of hydrogen-bond donors (Lipinski definition) is 2. The van der Waals surface area contributed by atoms with Crippen molar-refractivity contribution >= 4 is 17.5 Å². The summed E-state index contributed by atoms with van der Waals surface area (Å²) in [5, 5.41) is 5.54. The highest BCUT2D eigenvalue weighted by atomic mass is 16.2. The largest absolute Gasteiger partial charge is 0.344 e. The van der Waals surface area contributed by atoms with E-state index in [-0.39, 0.29) is 17.7 Å². The highest BCUT2D eigenvalue weighted by Crippen LogP contribution is 2.14. The molecular weight excluding hydrogens is 252 g/mol. The van der Waals surface area contributed by atoms with Gasteiger partial charge >= 0.3 is 0 Å². The minimum atomic E-state index is -0.543. The van der Waals surface area contributed by atoms with E-state index in [4.69, 9.17) is 0 Å². The molecule has 0 fully saturated rings. The number of aryl methyl sites for hydroxylation is 2. The molecule has 0 aliphatic rings. The van der Waals surface area contributed by atoms with Gasteiger partial charge in [0.1, 0.15) is 6.04 Å². The zero-order valence-corrected chi connectivity index (χ0v) is 12.9. The Hall–Kier alpha value is -1.84. The van der Waals surface area contributed by atoms with E-state index in [1.807, 2.05) is 45.9 Å². The number of nitrogens with one attached hydrogen (secondary N) is 2. The van der Waals surface area contributed by atoms with E-state index in [0.29, 0.717) is 0 Å². The van der Waals surface area contributed by atoms with Gasteiger partial charge in [-0.1, -0.05) is 19.9 Å². The van der Waals surface area contributed by atoms with Crippen LogP contribution in [0.3, 0.4) is 0 Å². The van der Waals surface area contributed by atoms with Crippen molar-refractivity contribution < 1.29 is 9.59 Å². The summed E-state index contributed by atoms with van der Waals surface area (Å²) in [4.78, 5) is 23.8. The predicted octanol–water partition coefficient (Wildman–Crippen LogP) is 2.79. The molecule has 1 aromatic rings. The zero-order valence-electron chi connectivity index (χ0n) is 12.9. The second-order valence-electron chi connectivity index (χ2n) is 5.33. The quantitative estimate of drug-likeness (QED) is 0.868. The smallest absolute Gasteiger partial charge is 0.246 e. The Bertz CT molecular complexity index is 497. The average Bonchev–Trinajstić information content (AvgIpc) is 2.41. The maximum absolute atomic E-state index is 12.0. The van der Waals surface area contributed by atoms with Crippen LogP contribution < -0.4 is 10.6 Å². The fourth-order valence-corrected chi connectivity index (χ4v) is 1.68. The second kappa shape index (κ2) is 7.08. The van der Waals surface area contributed by atoms with Gasteiger partial charge in [-0.25, -0.2) is 0 Å². The molecule has 0 aliphatic heterocycles. The molecule has 0 bridgehead atoms. The first-order valence-corrected chi connectivity index (χ1v) is 7.03. The normalized spacial score (nSPS) is 13.4. The summed E-state index contributed by atoms with van der Waals surface area (Å²) in [5.74, 6) is -0.369. The predicted molar refractivity (Wildman–Crippen MR) is 81.6 cm³/mol. The maximum Gasteiger partial charge on any atom is 0.246 e. The molecule has 0 aromatic heterocycles. The molecule has 20 heavy (non-hydrogen) atoms. The van der Waals surface area contributed by atoms with Crippen molar-refractivity contribution in [3.63, 3.8) is 0 Å². The van der Waals surface area contributed by atoms with Crippen LogP contribution in [0, 0.1) is 19.8 Å². The van der Waals surface area contributed by atoms with Crippen LogP contribution in [0.25, 0.3) is 0 Å². The number of rotatable bonds is 5. The molecule has 110 valence electrons. The van der Waals surface area contributed by atoms with Crippen LogP contribution in [0.4, 0.5) is 5.69 Å². The van der Waals surface area contributed by atoms with Gasteiger partial charge in [-0.3, -0.25) is 9.59 Å². The Morgan fingerprint density at radius 3 is 2.30 bits per heavy atom. The minimum Gasteiger partial charge on any atom is -0.344 e. The number of anilines is 1. The molecule has 0 heterocycles. The summed E-state index contributed by atoms with van der Waals surface area (Å²) < 4.78 is 0. The third-order valence-electron chi connectivity index (χ3n) is 3.59. The summed E-state index contributed by atoms with van der Waals surface area (Å²) in [6.07, 6.45) is 0.761. The van der Waals surface area contributed by atoms with E-state index in [1.54, 1.807) is 6.92 Å². The van der Waals surface area contributed by atoms with Gasteiger partial charge in [0.2, 0.25) is 11.8 Å². The lowest BCUT2D eigenvalue weighted by Crippen LogP contribution is -2.43. The topological polar surface area (TPSA) is 58.2 Å². The molecule has 2 N–H and O–H groups in total. The number of carbonyl (C=O) groups is 2. The summed E-state index contributed by atoms with van der Waals surface area (Å²) in [6.45, 7) is 9.51. The summed E-state index contributed by atoms with van der Waals surface area (Å²) in [5.41, 5.74) is 3.06. The first-order chi connectivity index (χ1) is 9.35. The summed E-state index contributed by atoms with van der Waals surface area (Å²) in [6, 6.07) is 5.21. The Balaban J connectivity index is 2.61. The van der Waals surface area contributed by atoms with Crippen LogP contribution in [-0.4, -0.2) is 17.9 Å². The molecule has 2 unspecified atom stereocenters. The number of amides is 2. The van der Waals surface area contributed by atoms with E-state index in [1.165, 1.54) is 5.56 Å². The van der Waals surface area contributed by atoms with Crippen LogP contribution in [-0.2, 0) is 9.59 Å². The van der Waals surface area contributed by atoms with Crippen molar-refractivity contribution in [2.75, 3.05) is 5.32 Å². The van der Waals surface area contributed by atoms with Gasteiger partial charge in [-0.2, -0.15) is 0 Å². The Labute approximate surface area is 121 Å². The van der Waals surface area contributed by atoms with E-state index in [9.17, 15) is 9.59 Å². The van der Waals surface area contributed by atoms with Gasteiger partial charge in [-0.15, -0.1) is 0 Å². The van der Waals surface area contributed by atoms with E-state index < -0.39 is 6.04 Å². The SMILES string of the molecule is CCC(C)C(=O)NC(C)C(=O)Nc1ccc(C)c(C)c1. The average molecular weight is 276 g/mol. The lowest BCUT2D eigenvalue weighted by atomic mass is 10.1. The lowest BCUT2D eigenvalue weighted by Gasteiger charge is -2.17. The summed E-state index contributed by atoms with van der Waals surface area (Å²) >= 11 is 0.